The summed E-state index contributed by atoms with van der Waals surface area (Å²) in [4.78, 5) is 0. The van der Waals surface area contributed by atoms with E-state index in [0.29, 0.717) is 18.4 Å². The summed E-state index contributed by atoms with van der Waals surface area (Å²) in [6.07, 6.45) is 1.16. The average Bonchev–Trinajstić information content (AvgIpc) is 2.96. The fraction of sp³-hybridized carbons (Fsp3) is 0.455. The Labute approximate surface area is 82.9 Å². The van der Waals surface area contributed by atoms with E-state index in [1.165, 1.54) is 12.1 Å². The van der Waals surface area contributed by atoms with Crippen LogP contribution in [0.25, 0.3) is 0 Å². The van der Waals surface area contributed by atoms with E-state index >= 15 is 0 Å². The summed E-state index contributed by atoms with van der Waals surface area (Å²) in [5.74, 6) is 1.73. The molecule has 1 fully saturated rings. The lowest BCUT2D eigenvalue weighted by Crippen LogP contribution is -2.07. The average molecular weight is 195 g/mol. The van der Waals surface area contributed by atoms with Crippen molar-refractivity contribution in [1.29, 1.82) is 0 Å². The molecule has 1 aromatic rings. The second-order valence-corrected chi connectivity index (χ2v) is 3.76. The lowest BCUT2D eigenvalue weighted by atomic mass is 10.3. The summed E-state index contributed by atoms with van der Waals surface area (Å²) in [6.45, 7) is 1.45. The second-order valence-electron chi connectivity index (χ2n) is 3.76. The van der Waals surface area contributed by atoms with Crippen LogP contribution in [0.4, 0.5) is 4.39 Å². The highest BCUT2D eigenvalue weighted by Gasteiger charge is 2.36. The van der Waals surface area contributed by atoms with E-state index in [-0.39, 0.29) is 5.82 Å². The Balaban J connectivity index is 1.78. The molecule has 0 heterocycles. The van der Waals surface area contributed by atoms with Crippen LogP contribution in [0.5, 0.6) is 5.75 Å². The molecule has 2 N–H and O–H groups in total. The molecule has 0 aliphatic heterocycles. The molecular formula is C11H14FNO. The molecule has 2 unspecified atom stereocenters. The Kier molecular flexibility index (Phi) is 2.68. The van der Waals surface area contributed by atoms with Gasteiger partial charge in [-0.2, -0.15) is 0 Å². The van der Waals surface area contributed by atoms with Gasteiger partial charge in [-0.25, -0.2) is 4.39 Å². The SMILES string of the molecule is NCC1CC1COc1ccc(F)cc1. The van der Waals surface area contributed by atoms with E-state index in [1.807, 2.05) is 0 Å². The third-order valence-electron chi connectivity index (χ3n) is 2.65. The first-order valence-electron chi connectivity index (χ1n) is 4.88. The summed E-state index contributed by atoms with van der Waals surface area (Å²) in [5.41, 5.74) is 5.51. The molecule has 0 spiro atoms. The van der Waals surface area contributed by atoms with Crippen LogP contribution in [-0.4, -0.2) is 13.2 Å². The van der Waals surface area contributed by atoms with Gasteiger partial charge in [0.25, 0.3) is 0 Å². The van der Waals surface area contributed by atoms with Crippen LogP contribution < -0.4 is 10.5 Å². The minimum absolute atomic E-state index is 0.233. The van der Waals surface area contributed by atoms with Gasteiger partial charge in [0.15, 0.2) is 0 Å². The van der Waals surface area contributed by atoms with Crippen molar-refractivity contribution in [2.45, 2.75) is 6.42 Å². The van der Waals surface area contributed by atoms with Crippen LogP contribution in [0.15, 0.2) is 24.3 Å². The lowest BCUT2D eigenvalue weighted by molar-refractivity contribution is 0.292. The molecule has 0 aromatic heterocycles. The largest absolute Gasteiger partial charge is 0.493 e. The highest BCUT2D eigenvalue weighted by atomic mass is 19.1. The van der Waals surface area contributed by atoms with Crippen molar-refractivity contribution in [1.82, 2.24) is 0 Å². The van der Waals surface area contributed by atoms with Crippen LogP contribution in [-0.2, 0) is 0 Å². The molecule has 3 heteroatoms. The molecule has 1 saturated carbocycles. The molecular weight excluding hydrogens is 181 g/mol. The second kappa shape index (κ2) is 3.96. The molecule has 76 valence electrons. The molecule has 14 heavy (non-hydrogen) atoms. The maximum atomic E-state index is 12.5. The molecule has 1 aromatic carbocycles. The van der Waals surface area contributed by atoms with Gasteiger partial charge in [0.1, 0.15) is 11.6 Å². The molecule has 0 saturated heterocycles. The normalized spacial score (nSPS) is 24.7. The summed E-state index contributed by atoms with van der Waals surface area (Å²) < 4.78 is 18.0. The number of halogens is 1. The molecule has 0 bridgehead atoms. The monoisotopic (exact) mass is 195 g/mol. The summed E-state index contributed by atoms with van der Waals surface area (Å²) >= 11 is 0. The lowest BCUT2D eigenvalue weighted by Gasteiger charge is -2.04. The maximum Gasteiger partial charge on any atom is 0.123 e. The first kappa shape index (κ1) is 9.46. The van der Waals surface area contributed by atoms with E-state index in [0.717, 1.165) is 18.7 Å². The molecule has 2 rings (SSSR count). The molecule has 1 aliphatic rings. The Morgan fingerprint density at radius 3 is 2.57 bits per heavy atom. The minimum Gasteiger partial charge on any atom is -0.493 e. The van der Waals surface area contributed by atoms with Gasteiger partial charge in [0.05, 0.1) is 6.61 Å². The molecule has 2 nitrogen and oxygen atoms in total. The van der Waals surface area contributed by atoms with Crippen molar-refractivity contribution in [3.05, 3.63) is 30.1 Å². The molecule has 1 aliphatic carbocycles. The van der Waals surface area contributed by atoms with Gasteiger partial charge in [-0.3, -0.25) is 0 Å². The van der Waals surface area contributed by atoms with E-state index in [2.05, 4.69) is 0 Å². The number of rotatable bonds is 4. The zero-order valence-electron chi connectivity index (χ0n) is 7.95. The summed E-state index contributed by atoms with van der Waals surface area (Å²) in [5, 5.41) is 0. The predicted octanol–water partition coefficient (Wildman–Crippen LogP) is 1.80. The Hall–Kier alpha value is -1.09. The van der Waals surface area contributed by atoms with Gasteiger partial charge in [-0.15, -0.1) is 0 Å². The zero-order chi connectivity index (χ0) is 9.97. The highest BCUT2D eigenvalue weighted by Crippen LogP contribution is 2.37. The number of hydrogen-bond acceptors (Lipinski definition) is 2. The van der Waals surface area contributed by atoms with Gasteiger partial charge in [-0.05, 0) is 49.1 Å². The van der Waals surface area contributed by atoms with E-state index < -0.39 is 0 Å². The predicted molar refractivity (Wildman–Crippen MR) is 52.5 cm³/mol. The van der Waals surface area contributed by atoms with Crippen molar-refractivity contribution in [2.75, 3.05) is 13.2 Å². The fourth-order valence-corrected chi connectivity index (χ4v) is 1.54. The minimum atomic E-state index is -0.233. The van der Waals surface area contributed by atoms with Gasteiger partial charge in [0.2, 0.25) is 0 Å². The number of nitrogens with two attached hydrogens (primary N) is 1. The van der Waals surface area contributed by atoms with Crippen molar-refractivity contribution in [3.63, 3.8) is 0 Å². The number of hydrogen-bond donors (Lipinski definition) is 1. The smallest absolute Gasteiger partial charge is 0.123 e. The fourth-order valence-electron chi connectivity index (χ4n) is 1.54. The standard InChI is InChI=1S/C11H14FNO/c12-10-1-3-11(4-2-10)14-7-9-5-8(9)6-13/h1-4,8-9H,5-7,13H2. The van der Waals surface area contributed by atoms with Gasteiger partial charge < -0.3 is 10.5 Å². The highest BCUT2D eigenvalue weighted by molar-refractivity contribution is 5.22. The quantitative estimate of drug-likeness (QED) is 0.795. The molecule has 2 atom stereocenters. The zero-order valence-corrected chi connectivity index (χ0v) is 7.95. The Morgan fingerprint density at radius 2 is 2.00 bits per heavy atom. The van der Waals surface area contributed by atoms with Gasteiger partial charge >= 0.3 is 0 Å². The third kappa shape index (κ3) is 2.23. The van der Waals surface area contributed by atoms with E-state index in [1.54, 1.807) is 12.1 Å². The maximum absolute atomic E-state index is 12.5. The summed E-state index contributed by atoms with van der Waals surface area (Å²) in [7, 11) is 0. The molecule has 0 radical (unpaired) electrons. The van der Waals surface area contributed by atoms with E-state index in [4.69, 9.17) is 10.5 Å². The van der Waals surface area contributed by atoms with Crippen LogP contribution in [0.1, 0.15) is 6.42 Å². The summed E-state index contributed by atoms with van der Waals surface area (Å²) in [6, 6.07) is 6.11. The number of benzene rings is 1. The Bertz CT molecular complexity index is 299. The van der Waals surface area contributed by atoms with Crippen LogP contribution in [0.3, 0.4) is 0 Å². The third-order valence-corrected chi connectivity index (χ3v) is 2.65. The van der Waals surface area contributed by atoms with Crippen molar-refractivity contribution in [3.8, 4) is 5.75 Å². The van der Waals surface area contributed by atoms with Crippen molar-refractivity contribution >= 4 is 0 Å². The van der Waals surface area contributed by atoms with Crippen LogP contribution >= 0.6 is 0 Å². The van der Waals surface area contributed by atoms with E-state index in [9.17, 15) is 4.39 Å². The Morgan fingerprint density at radius 1 is 1.29 bits per heavy atom. The molecule has 0 amide bonds. The first-order valence-corrected chi connectivity index (χ1v) is 4.88. The van der Waals surface area contributed by atoms with Crippen molar-refractivity contribution in [2.24, 2.45) is 17.6 Å². The van der Waals surface area contributed by atoms with Crippen LogP contribution in [0.2, 0.25) is 0 Å². The van der Waals surface area contributed by atoms with Crippen molar-refractivity contribution < 1.29 is 9.13 Å². The topological polar surface area (TPSA) is 35.2 Å². The first-order chi connectivity index (χ1) is 6.79. The van der Waals surface area contributed by atoms with Gasteiger partial charge in [0, 0.05) is 0 Å². The number of ether oxygens (including phenoxy) is 1. The van der Waals surface area contributed by atoms with Gasteiger partial charge in [-0.1, -0.05) is 0 Å². The van der Waals surface area contributed by atoms with Crippen LogP contribution in [0, 0.1) is 17.7 Å².